The lowest BCUT2D eigenvalue weighted by Gasteiger charge is -2.26. The van der Waals surface area contributed by atoms with E-state index in [-0.39, 0.29) is 17.9 Å². The molecule has 3 atom stereocenters. The molecule has 0 radical (unpaired) electrons. The van der Waals surface area contributed by atoms with Crippen LogP contribution in [0.3, 0.4) is 0 Å². The molecule has 1 aliphatic carbocycles. The maximum atomic E-state index is 12.0. The number of hydrogen-bond donors (Lipinski definition) is 1. The van der Waals surface area contributed by atoms with E-state index in [1.165, 1.54) is 6.42 Å². The summed E-state index contributed by atoms with van der Waals surface area (Å²) < 4.78 is 0. The molecule has 0 bridgehead atoms. The third kappa shape index (κ3) is 1.84. The minimum atomic E-state index is -0.394. The second-order valence-electron chi connectivity index (χ2n) is 5.20. The Kier molecular flexibility index (Phi) is 3.45. The predicted molar refractivity (Wildman–Crippen MR) is 63.4 cm³/mol. The molecule has 0 aromatic heterocycles. The van der Waals surface area contributed by atoms with E-state index in [4.69, 9.17) is 11.6 Å². The van der Waals surface area contributed by atoms with Crippen LogP contribution in [0.2, 0.25) is 0 Å². The monoisotopic (exact) mass is 245 g/mol. The molecule has 1 saturated heterocycles. The van der Waals surface area contributed by atoms with E-state index in [0.29, 0.717) is 18.9 Å². The van der Waals surface area contributed by atoms with E-state index in [9.17, 15) is 9.90 Å². The zero-order valence-corrected chi connectivity index (χ0v) is 10.5. The molecule has 2 rings (SSSR count). The number of hydrogen-bond acceptors (Lipinski definition) is 2. The molecule has 0 aromatic carbocycles. The Hall–Kier alpha value is -0.280. The zero-order chi connectivity index (χ0) is 11.8. The van der Waals surface area contributed by atoms with Gasteiger partial charge in [0.05, 0.1) is 6.61 Å². The van der Waals surface area contributed by atoms with Crippen LogP contribution in [0.5, 0.6) is 0 Å². The lowest BCUT2D eigenvalue weighted by atomic mass is 9.82. The summed E-state index contributed by atoms with van der Waals surface area (Å²) in [4.78, 5) is 13.8. The SMILES string of the molecule is CC[C@H](Cl)C(=O)N1C[C@@H]2CCC[C@]2(CO)C1. The minimum absolute atomic E-state index is 0.0139. The van der Waals surface area contributed by atoms with Gasteiger partial charge in [-0.25, -0.2) is 0 Å². The number of nitrogens with zero attached hydrogens (tertiary/aromatic N) is 1. The Balaban J connectivity index is 2.05. The highest BCUT2D eigenvalue weighted by atomic mass is 35.5. The van der Waals surface area contributed by atoms with Crippen LogP contribution in [0.1, 0.15) is 32.6 Å². The van der Waals surface area contributed by atoms with Gasteiger partial charge in [-0.1, -0.05) is 13.3 Å². The van der Waals surface area contributed by atoms with Crippen molar-refractivity contribution in [1.29, 1.82) is 0 Å². The van der Waals surface area contributed by atoms with Gasteiger partial charge >= 0.3 is 0 Å². The summed E-state index contributed by atoms with van der Waals surface area (Å²) in [7, 11) is 0. The number of amides is 1. The molecule has 92 valence electrons. The van der Waals surface area contributed by atoms with Gasteiger partial charge in [-0.2, -0.15) is 0 Å². The average Bonchev–Trinajstić information content (AvgIpc) is 2.83. The Morgan fingerprint density at radius 2 is 2.44 bits per heavy atom. The van der Waals surface area contributed by atoms with E-state index in [1.54, 1.807) is 0 Å². The molecule has 4 heteroatoms. The van der Waals surface area contributed by atoms with Gasteiger partial charge in [0.15, 0.2) is 0 Å². The standard InChI is InChI=1S/C12H20ClNO2/c1-2-10(13)11(16)14-6-9-4-3-5-12(9,7-14)8-15/h9-10,15H,2-8H2,1H3/t9-,10-,12+/m0/s1. The summed E-state index contributed by atoms with van der Waals surface area (Å²) >= 11 is 5.99. The first kappa shape index (κ1) is 12.2. The number of carbonyl (C=O) groups excluding carboxylic acids is 1. The quantitative estimate of drug-likeness (QED) is 0.768. The van der Waals surface area contributed by atoms with Gasteiger partial charge in [0.25, 0.3) is 0 Å². The first-order chi connectivity index (χ1) is 7.63. The van der Waals surface area contributed by atoms with Crippen molar-refractivity contribution in [3.05, 3.63) is 0 Å². The van der Waals surface area contributed by atoms with Crippen molar-refractivity contribution in [3.8, 4) is 0 Å². The largest absolute Gasteiger partial charge is 0.396 e. The molecule has 2 aliphatic rings. The van der Waals surface area contributed by atoms with Crippen molar-refractivity contribution in [3.63, 3.8) is 0 Å². The van der Waals surface area contributed by atoms with Crippen LogP contribution in [0, 0.1) is 11.3 Å². The minimum Gasteiger partial charge on any atom is -0.396 e. The molecular formula is C12H20ClNO2. The smallest absolute Gasteiger partial charge is 0.240 e. The fourth-order valence-corrected chi connectivity index (χ4v) is 3.35. The molecule has 0 spiro atoms. The molecule has 2 fully saturated rings. The molecule has 1 amide bonds. The Bertz CT molecular complexity index is 284. The number of carbonyl (C=O) groups is 1. The van der Waals surface area contributed by atoms with Gasteiger partial charge in [-0.15, -0.1) is 11.6 Å². The van der Waals surface area contributed by atoms with Crippen molar-refractivity contribution in [1.82, 2.24) is 4.90 Å². The number of fused-ring (bicyclic) bond motifs is 1. The van der Waals surface area contributed by atoms with Gasteiger partial charge in [-0.3, -0.25) is 4.79 Å². The summed E-state index contributed by atoms with van der Waals surface area (Å²) in [6.45, 7) is 3.63. The number of aliphatic hydroxyl groups excluding tert-OH is 1. The molecular weight excluding hydrogens is 226 g/mol. The number of halogens is 1. The fourth-order valence-electron chi connectivity index (χ4n) is 3.21. The Morgan fingerprint density at radius 3 is 3.00 bits per heavy atom. The first-order valence-electron chi connectivity index (χ1n) is 6.16. The van der Waals surface area contributed by atoms with Gasteiger partial charge in [0, 0.05) is 18.5 Å². The van der Waals surface area contributed by atoms with Gasteiger partial charge in [-0.05, 0) is 25.2 Å². The van der Waals surface area contributed by atoms with Crippen LogP contribution in [0.15, 0.2) is 0 Å². The Labute approximate surface area is 102 Å². The zero-order valence-electron chi connectivity index (χ0n) is 9.79. The first-order valence-corrected chi connectivity index (χ1v) is 6.60. The molecule has 1 saturated carbocycles. The van der Waals surface area contributed by atoms with Crippen molar-refractivity contribution in [2.45, 2.75) is 38.0 Å². The van der Waals surface area contributed by atoms with Crippen LogP contribution in [-0.4, -0.2) is 41.0 Å². The van der Waals surface area contributed by atoms with E-state index in [2.05, 4.69) is 0 Å². The molecule has 1 aliphatic heterocycles. The average molecular weight is 246 g/mol. The predicted octanol–water partition coefficient (Wildman–Crippen LogP) is 1.62. The summed E-state index contributed by atoms with van der Waals surface area (Å²) in [6, 6.07) is 0. The summed E-state index contributed by atoms with van der Waals surface area (Å²) in [5, 5.41) is 9.16. The van der Waals surface area contributed by atoms with Crippen LogP contribution < -0.4 is 0 Å². The summed E-state index contributed by atoms with van der Waals surface area (Å²) in [6.07, 6.45) is 4.06. The fraction of sp³-hybridized carbons (Fsp3) is 0.917. The van der Waals surface area contributed by atoms with Gasteiger partial charge in [0.1, 0.15) is 5.38 Å². The maximum Gasteiger partial charge on any atom is 0.240 e. The third-order valence-corrected chi connectivity index (χ3v) is 4.79. The van der Waals surface area contributed by atoms with Crippen molar-refractivity contribution >= 4 is 17.5 Å². The number of alkyl halides is 1. The number of aliphatic hydroxyl groups is 1. The molecule has 16 heavy (non-hydrogen) atoms. The highest BCUT2D eigenvalue weighted by molar-refractivity contribution is 6.30. The molecule has 1 heterocycles. The topological polar surface area (TPSA) is 40.5 Å². The second-order valence-corrected chi connectivity index (χ2v) is 5.73. The van der Waals surface area contributed by atoms with E-state index >= 15 is 0 Å². The second kappa shape index (κ2) is 4.53. The highest BCUT2D eigenvalue weighted by Gasteiger charge is 2.50. The molecule has 1 N–H and O–H groups in total. The normalized spacial score (nSPS) is 35.2. The van der Waals surface area contributed by atoms with E-state index in [1.807, 2.05) is 11.8 Å². The molecule has 0 unspecified atom stereocenters. The van der Waals surface area contributed by atoms with Crippen LogP contribution in [0.25, 0.3) is 0 Å². The maximum absolute atomic E-state index is 12.0. The van der Waals surface area contributed by atoms with Crippen LogP contribution >= 0.6 is 11.6 Å². The molecule has 0 aromatic rings. The van der Waals surface area contributed by atoms with Crippen LogP contribution in [-0.2, 0) is 4.79 Å². The van der Waals surface area contributed by atoms with Crippen molar-refractivity contribution < 1.29 is 9.90 Å². The Morgan fingerprint density at radius 1 is 1.69 bits per heavy atom. The van der Waals surface area contributed by atoms with E-state index < -0.39 is 5.38 Å². The van der Waals surface area contributed by atoms with Crippen LogP contribution in [0.4, 0.5) is 0 Å². The summed E-state index contributed by atoms with van der Waals surface area (Å²) in [5.74, 6) is 0.536. The van der Waals surface area contributed by atoms with Crippen molar-refractivity contribution in [2.75, 3.05) is 19.7 Å². The summed E-state index contributed by atoms with van der Waals surface area (Å²) in [5.41, 5.74) is -0.0139. The number of likely N-dealkylation sites (tertiary alicyclic amines) is 1. The van der Waals surface area contributed by atoms with Gasteiger partial charge < -0.3 is 10.0 Å². The lowest BCUT2D eigenvalue weighted by molar-refractivity contribution is -0.130. The molecule has 3 nitrogen and oxygen atoms in total. The van der Waals surface area contributed by atoms with E-state index in [0.717, 1.165) is 19.4 Å². The third-order valence-electron chi connectivity index (χ3n) is 4.29. The highest BCUT2D eigenvalue weighted by Crippen LogP contribution is 2.48. The van der Waals surface area contributed by atoms with Gasteiger partial charge in [0.2, 0.25) is 5.91 Å². The van der Waals surface area contributed by atoms with Crippen molar-refractivity contribution in [2.24, 2.45) is 11.3 Å². The lowest BCUT2D eigenvalue weighted by Crippen LogP contribution is -2.37. The number of rotatable bonds is 3.